The van der Waals surface area contributed by atoms with Gasteiger partial charge < -0.3 is 20.5 Å². The van der Waals surface area contributed by atoms with Gasteiger partial charge in [0.2, 0.25) is 0 Å². The number of hydrogen-bond donors (Lipinski definition) is 3. The summed E-state index contributed by atoms with van der Waals surface area (Å²) < 4.78 is 5.11. The Kier molecular flexibility index (Phi) is 5.45. The van der Waals surface area contributed by atoms with Gasteiger partial charge in [-0.2, -0.15) is 0 Å². The zero-order valence-corrected chi connectivity index (χ0v) is 10.9. The van der Waals surface area contributed by atoms with Crippen molar-refractivity contribution in [1.82, 2.24) is 10.6 Å². The molecule has 1 rings (SSSR count). The molecular formula is C13H20N2O3. The second kappa shape index (κ2) is 6.86. The van der Waals surface area contributed by atoms with Crippen molar-refractivity contribution in [1.29, 1.82) is 0 Å². The van der Waals surface area contributed by atoms with E-state index in [2.05, 4.69) is 10.6 Å². The summed E-state index contributed by atoms with van der Waals surface area (Å²) in [6, 6.07) is 6.56. The van der Waals surface area contributed by atoms with Gasteiger partial charge in [-0.3, -0.25) is 0 Å². The summed E-state index contributed by atoms with van der Waals surface area (Å²) in [7, 11) is 1.58. The number of urea groups is 1. The third-order valence-corrected chi connectivity index (χ3v) is 2.40. The zero-order chi connectivity index (χ0) is 13.5. The molecule has 0 aromatic heterocycles. The normalized spacial score (nSPS) is 12.1. The highest BCUT2D eigenvalue weighted by Gasteiger charge is 2.14. The fourth-order valence-electron chi connectivity index (χ4n) is 1.55. The summed E-state index contributed by atoms with van der Waals surface area (Å²) >= 11 is 0. The van der Waals surface area contributed by atoms with E-state index in [1.54, 1.807) is 13.2 Å². The summed E-state index contributed by atoms with van der Waals surface area (Å²) in [5.74, 6) is 0.692. The molecule has 0 heterocycles. The smallest absolute Gasteiger partial charge is 0.315 e. The molecule has 0 aliphatic carbocycles. The molecule has 0 spiro atoms. The van der Waals surface area contributed by atoms with Crippen LogP contribution >= 0.6 is 0 Å². The average molecular weight is 252 g/mol. The molecule has 5 nitrogen and oxygen atoms in total. The van der Waals surface area contributed by atoms with Gasteiger partial charge in [0.25, 0.3) is 0 Å². The number of ether oxygens (including phenoxy) is 1. The second-order valence-corrected chi connectivity index (χ2v) is 4.28. The number of benzene rings is 1. The van der Waals surface area contributed by atoms with E-state index in [1.807, 2.05) is 32.0 Å². The Morgan fingerprint density at radius 3 is 2.67 bits per heavy atom. The number of carbonyl (C=O) groups excluding carboxylic acids is 1. The van der Waals surface area contributed by atoms with Crippen LogP contribution in [0.3, 0.4) is 0 Å². The molecule has 1 atom stereocenters. The standard InChI is InChI=1S/C13H20N2O3/c1-9(2)14-13(17)15-12(8-16)10-5-4-6-11(7-10)18-3/h4-7,9,12,16H,8H2,1-3H3,(H2,14,15,17)/t12-/m0/s1. The lowest BCUT2D eigenvalue weighted by Gasteiger charge is -2.19. The number of methoxy groups -OCH3 is 1. The first-order valence-electron chi connectivity index (χ1n) is 5.88. The van der Waals surface area contributed by atoms with Crippen LogP contribution < -0.4 is 15.4 Å². The fraction of sp³-hybridized carbons (Fsp3) is 0.462. The van der Waals surface area contributed by atoms with Crippen LogP contribution in [0.15, 0.2) is 24.3 Å². The molecule has 0 saturated carbocycles. The first-order chi connectivity index (χ1) is 8.56. The molecule has 18 heavy (non-hydrogen) atoms. The van der Waals surface area contributed by atoms with Crippen LogP contribution in [-0.4, -0.2) is 30.9 Å². The Morgan fingerprint density at radius 1 is 1.39 bits per heavy atom. The van der Waals surface area contributed by atoms with Crippen LogP contribution in [0.1, 0.15) is 25.5 Å². The summed E-state index contributed by atoms with van der Waals surface area (Å²) in [5.41, 5.74) is 0.802. The number of nitrogens with one attached hydrogen (secondary N) is 2. The van der Waals surface area contributed by atoms with Crippen molar-refractivity contribution in [3.8, 4) is 5.75 Å². The maximum absolute atomic E-state index is 11.6. The summed E-state index contributed by atoms with van der Waals surface area (Å²) in [6.07, 6.45) is 0. The van der Waals surface area contributed by atoms with Crippen LogP contribution in [0.4, 0.5) is 4.79 Å². The van der Waals surface area contributed by atoms with Gasteiger partial charge in [-0.05, 0) is 31.5 Å². The van der Waals surface area contributed by atoms with Gasteiger partial charge in [0, 0.05) is 6.04 Å². The lowest BCUT2D eigenvalue weighted by Crippen LogP contribution is -2.42. The Labute approximate surface area is 107 Å². The second-order valence-electron chi connectivity index (χ2n) is 4.28. The Morgan fingerprint density at radius 2 is 2.11 bits per heavy atom. The highest BCUT2D eigenvalue weighted by Crippen LogP contribution is 2.18. The van der Waals surface area contributed by atoms with Crippen LogP contribution in [0.25, 0.3) is 0 Å². The van der Waals surface area contributed by atoms with E-state index in [0.717, 1.165) is 5.56 Å². The quantitative estimate of drug-likeness (QED) is 0.742. The van der Waals surface area contributed by atoms with Gasteiger partial charge >= 0.3 is 6.03 Å². The van der Waals surface area contributed by atoms with Crippen molar-refractivity contribution in [3.05, 3.63) is 29.8 Å². The van der Waals surface area contributed by atoms with E-state index in [-0.39, 0.29) is 18.7 Å². The average Bonchev–Trinajstić information content (AvgIpc) is 2.35. The van der Waals surface area contributed by atoms with Gasteiger partial charge in [0.05, 0.1) is 19.8 Å². The molecule has 0 aliphatic rings. The number of aliphatic hydroxyl groups excluding tert-OH is 1. The number of hydrogen-bond acceptors (Lipinski definition) is 3. The van der Waals surface area contributed by atoms with Crippen molar-refractivity contribution in [2.75, 3.05) is 13.7 Å². The van der Waals surface area contributed by atoms with Crippen molar-refractivity contribution in [2.45, 2.75) is 25.9 Å². The van der Waals surface area contributed by atoms with Crippen LogP contribution in [-0.2, 0) is 0 Å². The largest absolute Gasteiger partial charge is 0.497 e. The number of aliphatic hydroxyl groups is 1. The molecule has 0 radical (unpaired) electrons. The molecule has 0 unspecified atom stereocenters. The van der Waals surface area contributed by atoms with Gasteiger partial charge in [0.1, 0.15) is 5.75 Å². The lowest BCUT2D eigenvalue weighted by atomic mass is 10.1. The zero-order valence-electron chi connectivity index (χ0n) is 10.9. The molecule has 0 fully saturated rings. The Hall–Kier alpha value is -1.75. The minimum Gasteiger partial charge on any atom is -0.497 e. The maximum atomic E-state index is 11.6. The van der Waals surface area contributed by atoms with Gasteiger partial charge in [-0.15, -0.1) is 0 Å². The number of amides is 2. The Bertz CT molecular complexity index is 394. The number of carbonyl (C=O) groups is 1. The molecule has 0 aliphatic heterocycles. The summed E-state index contributed by atoms with van der Waals surface area (Å²) in [6.45, 7) is 3.58. The van der Waals surface area contributed by atoms with Crippen LogP contribution in [0, 0.1) is 0 Å². The van der Waals surface area contributed by atoms with Gasteiger partial charge in [0.15, 0.2) is 0 Å². The predicted molar refractivity (Wildman–Crippen MR) is 69.6 cm³/mol. The topological polar surface area (TPSA) is 70.6 Å². The van der Waals surface area contributed by atoms with E-state index in [1.165, 1.54) is 0 Å². The molecule has 5 heteroatoms. The predicted octanol–water partition coefficient (Wildman–Crippen LogP) is 1.44. The maximum Gasteiger partial charge on any atom is 0.315 e. The summed E-state index contributed by atoms with van der Waals surface area (Å²) in [4.78, 5) is 11.6. The van der Waals surface area contributed by atoms with Crippen molar-refractivity contribution >= 4 is 6.03 Å². The van der Waals surface area contributed by atoms with Crippen LogP contribution in [0.2, 0.25) is 0 Å². The first-order valence-corrected chi connectivity index (χ1v) is 5.88. The minimum absolute atomic E-state index is 0.0506. The highest BCUT2D eigenvalue weighted by atomic mass is 16.5. The molecule has 1 aromatic carbocycles. The van der Waals surface area contributed by atoms with E-state index in [9.17, 15) is 9.90 Å². The van der Waals surface area contributed by atoms with Crippen molar-refractivity contribution in [3.63, 3.8) is 0 Å². The lowest BCUT2D eigenvalue weighted by molar-refractivity contribution is 0.215. The van der Waals surface area contributed by atoms with E-state index < -0.39 is 6.04 Å². The van der Waals surface area contributed by atoms with Crippen molar-refractivity contribution < 1.29 is 14.6 Å². The van der Waals surface area contributed by atoms with Gasteiger partial charge in [-0.1, -0.05) is 12.1 Å². The number of rotatable bonds is 5. The van der Waals surface area contributed by atoms with Gasteiger partial charge in [-0.25, -0.2) is 4.79 Å². The Balaban J connectivity index is 2.73. The molecule has 3 N–H and O–H groups in total. The molecule has 2 amide bonds. The molecule has 0 bridgehead atoms. The third-order valence-electron chi connectivity index (χ3n) is 2.40. The molecule has 1 aromatic rings. The van der Waals surface area contributed by atoms with Crippen LogP contribution in [0.5, 0.6) is 5.75 Å². The first kappa shape index (κ1) is 14.3. The van der Waals surface area contributed by atoms with Crippen molar-refractivity contribution in [2.24, 2.45) is 0 Å². The highest BCUT2D eigenvalue weighted by molar-refractivity contribution is 5.74. The SMILES string of the molecule is COc1cccc([C@H](CO)NC(=O)NC(C)C)c1. The van der Waals surface area contributed by atoms with E-state index in [4.69, 9.17) is 4.74 Å². The summed E-state index contributed by atoms with van der Waals surface area (Å²) in [5, 5.41) is 14.8. The third kappa shape index (κ3) is 4.25. The fourth-order valence-corrected chi connectivity index (χ4v) is 1.55. The molecule has 100 valence electrons. The van der Waals surface area contributed by atoms with E-state index in [0.29, 0.717) is 5.75 Å². The minimum atomic E-state index is -0.446. The molecule has 0 saturated heterocycles. The monoisotopic (exact) mass is 252 g/mol. The molecular weight excluding hydrogens is 232 g/mol. The van der Waals surface area contributed by atoms with E-state index >= 15 is 0 Å².